The molecular weight excluding hydrogens is 296 g/mol. The average Bonchev–Trinajstić information content (AvgIpc) is 3.24. The summed E-state index contributed by atoms with van der Waals surface area (Å²) < 4.78 is 18.0. The number of nitrogens with zero attached hydrogens (tertiary/aromatic N) is 2. The van der Waals surface area contributed by atoms with Crippen LogP contribution in [-0.4, -0.2) is 42.1 Å². The maximum Gasteiger partial charge on any atom is 0.200 e. The van der Waals surface area contributed by atoms with E-state index in [0.717, 1.165) is 44.0 Å². The fraction of sp³-hybridized carbons (Fsp3) is 0.471. The number of aromatic hydroxyl groups is 1. The molecule has 3 rings (SSSR count). The van der Waals surface area contributed by atoms with Crippen LogP contribution in [0, 0.1) is 5.92 Å². The highest BCUT2D eigenvalue weighted by Crippen LogP contribution is 2.40. The van der Waals surface area contributed by atoms with E-state index < -0.39 is 0 Å². The highest BCUT2D eigenvalue weighted by Gasteiger charge is 2.18. The Hall–Kier alpha value is -2.21. The quantitative estimate of drug-likeness (QED) is 0.887. The SMILES string of the molecule is COc1cc(-c2nccn2CCC2CCOC2)cc(OC)c1O. The fourth-order valence-electron chi connectivity index (χ4n) is 2.91. The molecule has 1 aromatic carbocycles. The summed E-state index contributed by atoms with van der Waals surface area (Å²) in [4.78, 5) is 4.45. The number of hydrogen-bond acceptors (Lipinski definition) is 5. The summed E-state index contributed by atoms with van der Waals surface area (Å²) >= 11 is 0. The molecule has 0 aliphatic carbocycles. The number of methoxy groups -OCH3 is 2. The van der Waals surface area contributed by atoms with E-state index in [4.69, 9.17) is 14.2 Å². The Labute approximate surface area is 135 Å². The largest absolute Gasteiger partial charge is 0.502 e. The van der Waals surface area contributed by atoms with Crippen molar-refractivity contribution in [1.82, 2.24) is 9.55 Å². The minimum absolute atomic E-state index is 0.0000366. The van der Waals surface area contributed by atoms with Gasteiger partial charge in [-0.1, -0.05) is 0 Å². The number of ether oxygens (including phenoxy) is 3. The van der Waals surface area contributed by atoms with Gasteiger partial charge in [-0.05, 0) is 30.9 Å². The van der Waals surface area contributed by atoms with Gasteiger partial charge in [0, 0.05) is 37.7 Å². The number of phenols is 1. The van der Waals surface area contributed by atoms with Crippen LogP contribution in [0.5, 0.6) is 17.2 Å². The maximum atomic E-state index is 10.0. The van der Waals surface area contributed by atoms with Crippen LogP contribution >= 0.6 is 0 Å². The molecule has 1 aliphatic rings. The van der Waals surface area contributed by atoms with Gasteiger partial charge in [-0.3, -0.25) is 0 Å². The second kappa shape index (κ2) is 6.91. The number of aryl methyl sites for hydroxylation is 1. The zero-order valence-corrected chi connectivity index (χ0v) is 13.5. The van der Waals surface area contributed by atoms with Crippen LogP contribution in [0.25, 0.3) is 11.4 Å². The van der Waals surface area contributed by atoms with E-state index in [0.29, 0.717) is 17.4 Å². The summed E-state index contributed by atoms with van der Waals surface area (Å²) in [5.41, 5.74) is 0.851. The predicted octanol–water partition coefficient (Wildman–Crippen LogP) is 2.70. The van der Waals surface area contributed by atoms with Crippen molar-refractivity contribution < 1.29 is 19.3 Å². The van der Waals surface area contributed by atoms with Crippen LogP contribution < -0.4 is 9.47 Å². The minimum atomic E-state index is -0.0000366. The van der Waals surface area contributed by atoms with Crippen molar-refractivity contribution in [3.63, 3.8) is 0 Å². The first-order valence-electron chi connectivity index (χ1n) is 7.77. The molecule has 2 heterocycles. The van der Waals surface area contributed by atoms with Gasteiger partial charge in [0.1, 0.15) is 5.82 Å². The molecule has 0 amide bonds. The van der Waals surface area contributed by atoms with Crippen molar-refractivity contribution in [3.05, 3.63) is 24.5 Å². The van der Waals surface area contributed by atoms with Gasteiger partial charge >= 0.3 is 0 Å². The molecule has 2 aromatic rings. The van der Waals surface area contributed by atoms with Crippen LogP contribution in [0.15, 0.2) is 24.5 Å². The van der Waals surface area contributed by atoms with Gasteiger partial charge in [-0.2, -0.15) is 0 Å². The molecule has 0 saturated carbocycles. The van der Waals surface area contributed by atoms with Crippen molar-refractivity contribution in [2.45, 2.75) is 19.4 Å². The first-order valence-corrected chi connectivity index (χ1v) is 7.77. The summed E-state index contributed by atoms with van der Waals surface area (Å²) in [6.45, 7) is 2.60. The summed E-state index contributed by atoms with van der Waals surface area (Å²) in [5.74, 6) is 2.20. The van der Waals surface area contributed by atoms with E-state index >= 15 is 0 Å². The van der Waals surface area contributed by atoms with Gasteiger partial charge in [0.15, 0.2) is 11.5 Å². The molecule has 1 saturated heterocycles. The summed E-state index contributed by atoms with van der Waals surface area (Å²) in [7, 11) is 3.04. The molecule has 0 radical (unpaired) electrons. The lowest BCUT2D eigenvalue weighted by atomic mass is 10.1. The third-order valence-electron chi connectivity index (χ3n) is 4.26. The summed E-state index contributed by atoms with van der Waals surface area (Å²) in [5, 5.41) is 10.0. The normalized spacial score (nSPS) is 17.4. The molecule has 1 unspecified atom stereocenters. The van der Waals surface area contributed by atoms with E-state index in [1.165, 1.54) is 14.2 Å². The standard InChI is InChI=1S/C17H22N2O4/c1-21-14-9-13(10-15(22-2)16(14)20)17-18-5-7-19(17)6-3-12-4-8-23-11-12/h5,7,9-10,12,20H,3-4,6,8,11H2,1-2H3. The van der Waals surface area contributed by atoms with Gasteiger partial charge < -0.3 is 23.9 Å². The van der Waals surface area contributed by atoms with Crippen LogP contribution in [0.2, 0.25) is 0 Å². The van der Waals surface area contributed by atoms with Crippen molar-refractivity contribution in [2.24, 2.45) is 5.92 Å². The van der Waals surface area contributed by atoms with Crippen LogP contribution in [0.4, 0.5) is 0 Å². The van der Waals surface area contributed by atoms with Gasteiger partial charge in [-0.15, -0.1) is 0 Å². The number of rotatable bonds is 6. The number of phenolic OH excluding ortho intramolecular Hbond substituents is 1. The molecule has 1 aliphatic heterocycles. The highest BCUT2D eigenvalue weighted by molar-refractivity contribution is 5.66. The lowest BCUT2D eigenvalue weighted by molar-refractivity contribution is 0.183. The molecule has 6 heteroatoms. The van der Waals surface area contributed by atoms with E-state index in [2.05, 4.69) is 9.55 Å². The van der Waals surface area contributed by atoms with Gasteiger partial charge in [0.2, 0.25) is 5.75 Å². The van der Waals surface area contributed by atoms with Crippen molar-refractivity contribution in [2.75, 3.05) is 27.4 Å². The second-order valence-electron chi connectivity index (χ2n) is 5.69. The molecule has 23 heavy (non-hydrogen) atoms. The number of aromatic nitrogens is 2. The smallest absolute Gasteiger partial charge is 0.200 e. The van der Waals surface area contributed by atoms with E-state index in [9.17, 15) is 5.11 Å². The molecule has 0 spiro atoms. The van der Waals surface area contributed by atoms with Crippen molar-refractivity contribution in [3.8, 4) is 28.6 Å². The number of imidazole rings is 1. The minimum Gasteiger partial charge on any atom is -0.502 e. The van der Waals surface area contributed by atoms with Gasteiger partial charge in [0.05, 0.1) is 14.2 Å². The molecule has 1 N–H and O–H groups in total. The Morgan fingerprint density at radius 2 is 2.04 bits per heavy atom. The Morgan fingerprint density at radius 3 is 2.65 bits per heavy atom. The van der Waals surface area contributed by atoms with Crippen LogP contribution in [-0.2, 0) is 11.3 Å². The van der Waals surface area contributed by atoms with Crippen molar-refractivity contribution >= 4 is 0 Å². The lowest BCUT2D eigenvalue weighted by Gasteiger charge is -2.14. The topological polar surface area (TPSA) is 65.7 Å². The average molecular weight is 318 g/mol. The van der Waals surface area contributed by atoms with Gasteiger partial charge in [-0.25, -0.2) is 4.98 Å². The highest BCUT2D eigenvalue weighted by atomic mass is 16.5. The summed E-state index contributed by atoms with van der Waals surface area (Å²) in [6, 6.07) is 3.55. The van der Waals surface area contributed by atoms with E-state index in [1.54, 1.807) is 18.3 Å². The zero-order chi connectivity index (χ0) is 16.2. The molecule has 1 aromatic heterocycles. The lowest BCUT2D eigenvalue weighted by Crippen LogP contribution is -2.07. The first-order chi connectivity index (χ1) is 11.2. The molecule has 1 atom stereocenters. The molecule has 6 nitrogen and oxygen atoms in total. The molecule has 1 fully saturated rings. The Bertz CT molecular complexity index is 637. The molecular formula is C17H22N2O4. The third kappa shape index (κ3) is 3.27. The third-order valence-corrected chi connectivity index (χ3v) is 4.26. The zero-order valence-electron chi connectivity index (χ0n) is 13.5. The first kappa shape index (κ1) is 15.7. The summed E-state index contributed by atoms with van der Waals surface area (Å²) in [6.07, 6.45) is 5.95. The fourth-order valence-corrected chi connectivity index (χ4v) is 2.91. The Morgan fingerprint density at radius 1 is 1.30 bits per heavy atom. The maximum absolute atomic E-state index is 10.0. The molecule has 124 valence electrons. The Kier molecular flexibility index (Phi) is 4.71. The van der Waals surface area contributed by atoms with Crippen molar-refractivity contribution in [1.29, 1.82) is 0 Å². The van der Waals surface area contributed by atoms with E-state index in [1.807, 2.05) is 6.20 Å². The second-order valence-corrected chi connectivity index (χ2v) is 5.69. The molecule has 0 bridgehead atoms. The van der Waals surface area contributed by atoms with Gasteiger partial charge in [0.25, 0.3) is 0 Å². The number of hydrogen-bond donors (Lipinski definition) is 1. The number of benzene rings is 1. The predicted molar refractivity (Wildman–Crippen MR) is 86.0 cm³/mol. The van der Waals surface area contributed by atoms with Crippen LogP contribution in [0.3, 0.4) is 0 Å². The van der Waals surface area contributed by atoms with Crippen LogP contribution in [0.1, 0.15) is 12.8 Å². The monoisotopic (exact) mass is 318 g/mol. The van der Waals surface area contributed by atoms with E-state index in [-0.39, 0.29) is 5.75 Å². The Balaban J connectivity index is 1.85.